The van der Waals surface area contributed by atoms with Crippen molar-refractivity contribution >= 4 is 15.8 Å². The molecule has 1 aliphatic rings. The van der Waals surface area contributed by atoms with Crippen LogP contribution in [0.25, 0.3) is 0 Å². The maximum atomic E-state index is 12.4. The number of carbonyl (C=O) groups is 1. The summed E-state index contributed by atoms with van der Waals surface area (Å²) in [5.41, 5.74) is 0.401. The van der Waals surface area contributed by atoms with Crippen LogP contribution in [0.2, 0.25) is 0 Å². The fraction of sp³-hybridized carbons (Fsp3) is 0.611. The molecule has 0 saturated heterocycles. The van der Waals surface area contributed by atoms with E-state index < -0.39 is 9.84 Å². The summed E-state index contributed by atoms with van der Waals surface area (Å²) in [5.74, 6) is 1.07. The van der Waals surface area contributed by atoms with Gasteiger partial charge in [-0.15, -0.1) is 0 Å². The summed E-state index contributed by atoms with van der Waals surface area (Å²) in [5, 5.41) is 0. The fourth-order valence-electron chi connectivity index (χ4n) is 3.29. The van der Waals surface area contributed by atoms with Gasteiger partial charge in [0.05, 0.1) is 10.5 Å². The summed E-state index contributed by atoms with van der Waals surface area (Å²) < 4.78 is 28.7. The third-order valence-corrected chi connectivity index (χ3v) is 5.87. The molecule has 5 heteroatoms. The molecule has 0 radical (unpaired) electrons. The lowest BCUT2D eigenvalue weighted by Gasteiger charge is -2.36. The van der Waals surface area contributed by atoms with Gasteiger partial charge in [0.1, 0.15) is 6.10 Å². The van der Waals surface area contributed by atoms with Crippen LogP contribution < -0.4 is 0 Å². The first kappa shape index (κ1) is 18.0. The Hall–Kier alpha value is -1.36. The Labute approximate surface area is 139 Å². The largest absolute Gasteiger partial charge is 0.458 e. The Kier molecular flexibility index (Phi) is 5.50. The van der Waals surface area contributed by atoms with Gasteiger partial charge in [0.25, 0.3) is 0 Å². The van der Waals surface area contributed by atoms with Crippen LogP contribution in [0.3, 0.4) is 0 Å². The van der Waals surface area contributed by atoms with E-state index >= 15 is 0 Å². The molecule has 0 amide bonds. The van der Waals surface area contributed by atoms with Crippen LogP contribution in [0.5, 0.6) is 0 Å². The average Bonchev–Trinajstić information content (AvgIpc) is 2.46. The van der Waals surface area contributed by atoms with Crippen LogP contribution in [-0.4, -0.2) is 26.7 Å². The minimum Gasteiger partial charge on any atom is -0.458 e. The van der Waals surface area contributed by atoms with Crippen LogP contribution in [0.1, 0.15) is 50.4 Å². The molecule has 0 spiro atoms. The zero-order valence-electron chi connectivity index (χ0n) is 14.3. The number of hydrogen-bond acceptors (Lipinski definition) is 4. The number of ether oxygens (including phenoxy) is 1. The van der Waals surface area contributed by atoms with E-state index in [2.05, 4.69) is 20.8 Å². The van der Waals surface area contributed by atoms with E-state index in [4.69, 9.17) is 4.74 Å². The van der Waals surface area contributed by atoms with Crippen molar-refractivity contribution in [2.24, 2.45) is 17.8 Å². The molecule has 0 N–H and O–H groups in total. The summed E-state index contributed by atoms with van der Waals surface area (Å²) >= 11 is 0. The molecular formula is C18H26O4S. The average molecular weight is 338 g/mol. The van der Waals surface area contributed by atoms with E-state index in [9.17, 15) is 13.2 Å². The molecule has 23 heavy (non-hydrogen) atoms. The number of hydrogen-bond donors (Lipinski definition) is 0. The molecular weight excluding hydrogens is 312 g/mol. The SMILES string of the molecule is CC(C)[C@@H]1CC[C@@H](C)C[C@@H]1OC(=O)c1ccc(S(C)(=O)=O)cc1. The lowest BCUT2D eigenvalue weighted by atomic mass is 9.75. The van der Waals surface area contributed by atoms with Gasteiger partial charge in [0.2, 0.25) is 0 Å². The Bertz CT molecular complexity index is 646. The number of carbonyl (C=O) groups excluding carboxylic acids is 1. The molecule has 4 nitrogen and oxygen atoms in total. The quantitative estimate of drug-likeness (QED) is 0.785. The van der Waals surface area contributed by atoms with E-state index in [0.29, 0.717) is 23.3 Å². The minimum absolute atomic E-state index is 0.0548. The standard InChI is InChI=1S/C18H26O4S/c1-12(2)16-10-5-13(3)11-17(16)22-18(19)14-6-8-15(9-7-14)23(4,20)21/h6-9,12-13,16-17H,5,10-11H2,1-4H3/t13-,16+,17+/m1/s1. The van der Waals surface area contributed by atoms with Crippen LogP contribution in [0.15, 0.2) is 29.2 Å². The number of benzene rings is 1. The third kappa shape index (κ3) is 4.56. The second-order valence-corrected chi connectivity index (χ2v) is 9.08. The molecule has 1 aromatic carbocycles. The molecule has 0 heterocycles. The molecule has 0 unspecified atom stereocenters. The number of sulfone groups is 1. The summed E-state index contributed by atoms with van der Waals surface area (Å²) in [4.78, 5) is 12.6. The van der Waals surface area contributed by atoms with E-state index in [-0.39, 0.29) is 17.0 Å². The van der Waals surface area contributed by atoms with Crippen molar-refractivity contribution in [3.8, 4) is 0 Å². The van der Waals surface area contributed by atoms with Gasteiger partial charge in [-0.1, -0.05) is 27.2 Å². The highest BCUT2D eigenvalue weighted by Crippen LogP contribution is 2.35. The first-order valence-electron chi connectivity index (χ1n) is 8.19. The molecule has 2 rings (SSSR count). The van der Waals surface area contributed by atoms with E-state index in [1.54, 1.807) is 0 Å². The molecule has 0 aromatic heterocycles. The van der Waals surface area contributed by atoms with Gasteiger partial charge >= 0.3 is 5.97 Å². The molecule has 128 valence electrons. The van der Waals surface area contributed by atoms with Gasteiger partial charge in [-0.2, -0.15) is 0 Å². The van der Waals surface area contributed by atoms with Crippen molar-refractivity contribution in [2.45, 2.75) is 51.0 Å². The van der Waals surface area contributed by atoms with Crippen molar-refractivity contribution in [1.29, 1.82) is 0 Å². The van der Waals surface area contributed by atoms with Crippen LogP contribution in [-0.2, 0) is 14.6 Å². The third-order valence-electron chi connectivity index (χ3n) is 4.74. The topological polar surface area (TPSA) is 60.4 Å². The number of esters is 1. The van der Waals surface area contributed by atoms with Gasteiger partial charge in [-0.05, 0) is 54.9 Å². The Morgan fingerprint density at radius 3 is 2.30 bits per heavy atom. The zero-order valence-corrected chi connectivity index (χ0v) is 15.1. The first-order valence-corrected chi connectivity index (χ1v) is 10.1. The molecule has 0 aliphatic heterocycles. The van der Waals surface area contributed by atoms with Crippen LogP contribution in [0, 0.1) is 17.8 Å². The van der Waals surface area contributed by atoms with Gasteiger partial charge < -0.3 is 4.74 Å². The predicted molar refractivity (Wildman–Crippen MR) is 90.1 cm³/mol. The van der Waals surface area contributed by atoms with Gasteiger partial charge in [-0.3, -0.25) is 0 Å². The Morgan fingerprint density at radius 1 is 1.17 bits per heavy atom. The van der Waals surface area contributed by atoms with E-state index in [1.807, 2.05) is 0 Å². The van der Waals surface area contributed by atoms with Crippen LogP contribution in [0.4, 0.5) is 0 Å². The number of rotatable bonds is 4. The second-order valence-electron chi connectivity index (χ2n) is 7.07. The highest BCUT2D eigenvalue weighted by Gasteiger charge is 2.33. The van der Waals surface area contributed by atoms with Crippen molar-refractivity contribution in [3.05, 3.63) is 29.8 Å². The highest BCUT2D eigenvalue weighted by molar-refractivity contribution is 7.90. The van der Waals surface area contributed by atoms with Crippen molar-refractivity contribution in [1.82, 2.24) is 0 Å². The van der Waals surface area contributed by atoms with Crippen molar-refractivity contribution in [2.75, 3.05) is 6.26 Å². The second kappa shape index (κ2) is 7.04. The minimum atomic E-state index is -3.25. The molecule has 1 aromatic rings. The first-order chi connectivity index (χ1) is 10.7. The highest BCUT2D eigenvalue weighted by atomic mass is 32.2. The van der Waals surface area contributed by atoms with Gasteiger partial charge in [0.15, 0.2) is 9.84 Å². The Morgan fingerprint density at radius 2 is 1.78 bits per heavy atom. The lowest BCUT2D eigenvalue weighted by Crippen LogP contribution is -2.35. The zero-order chi connectivity index (χ0) is 17.2. The lowest BCUT2D eigenvalue weighted by molar-refractivity contribution is -0.0174. The van der Waals surface area contributed by atoms with Crippen molar-refractivity contribution < 1.29 is 17.9 Å². The van der Waals surface area contributed by atoms with E-state index in [1.165, 1.54) is 30.7 Å². The monoisotopic (exact) mass is 338 g/mol. The van der Waals surface area contributed by atoms with Crippen molar-refractivity contribution in [3.63, 3.8) is 0 Å². The van der Waals surface area contributed by atoms with Crippen LogP contribution >= 0.6 is 0 Å². The smallest absolute Gasteiger partial charge is 0.338 e. The van der Waals surface area contributed by atoms with E-state index in [0.717, 1.165) is 19.1 Å². The van der Waals surface area contributed by atoms with Gasteiger partial charge in [0, 0.05) is 6.26 Å². The normalized spacial score (nSPS) is 25.3. The maximum Gasteiger partial charge on any atom is 0.338 e. The predicted octanol–water partition coefficient (Wildman–Crippen LogP) is 3.71. The summed E-state index contributed by atoms with van der Waals surface area (Å²) in [7, 11) is -3.25. The summed E-state index contributed by atoms with van der Waals surface area (Å²) in [6.45, 7) is 6.53. The summed E-state index contributed by atoms with van der Waals surface area (Å²) in [6.07, 6.45) is 4.26. The molecule has 3 atom stereocenters. The fourth-order valence-corrected chi connectivity index (χ4v) is 3.92. The molecule has 1 fully saturated rings. The van der Waals surface area contributed by atoms with Gasteiger partial charge in [-0.25, -0.2) is 13.2 Å². The molecule has 0 bridgehead atoms. The molecule has 1 saturated carbocycles. The maximum absolute atomic E-state index is 12.4. The Balaban J connectivity index is 2.10. The molecule has 1 aliphatic carbocycles. The summed E-state index contributed by atoms with van der Waals surface area (Å²) in [6, 6.07) is 5.95.